The molecule has 0 aliphatic heterocycles. The molecule has 19 heavy (non-hydrogen) atoms. The normalized spacial score (nSPS) is 10.6. The molecule has 0 aliphatic carbocycles. The van der Waals surface area contributed by atoms with Gasteiger partial charge >= 0.3 is 5.69 Å². The Labute approximate surface area is 122 Å². The molecule has 1 aromatic heterocycles. The number of anilines is 1. The van der Waals surface area contributed by atoms with Gasteiger partial charge in [-0.2, -0.15) is 5.10 Å². The van der Waals surface area contributed by atoms with Crippen LogP contribution < -0.4 is 5.43 Å². The molecule has 2 rings (SSSR count). The molecule has 0 amide bonds. The van der Waals surface area contributed by atoms with E-state index in [-0.39, 0.29) is 11.5 Å². The smallest absolute Gasteiger partial charge is 0.258 e. The molecule has 0 aliphatic rings. The first-order valence-corrected chi connectivity index (χ1v) is 6.39. The van der Waals surface area contributed by atoms with Gasteiger partial charge in [-0.3, -0.25) is 15.5 Å². The lowest BCUT2D eigenvalue weighted by Gasteiger charge is -1.99. The zero-order chi connectivity index (χ0) is 13.7. The third-order valence-corrected chi connectivity index (χ3v) is 2.96. The molecule has 1 heterocycles. The van der Waals surface area contributed by atoms with Crippen LogP contribution in [-0.4, -0.2) is 16.1 Å². The quantitative estimate of drug-likeness (QED) is 0.389. The molecule has 0 spiro atoms. The van der Waals surface area contributed by atoms with Gasteiger partial charge in [0.25, 0.3) is 0 Å². The highest BCUT2D eigenvalue weighted by Gasteiger charge is 2.12. The number of pyridine rings is 1. The van der Waals surface area contributed by atoms with Crippen LogP contribution in [0.5, 0.6) is 0 Å². The molecule has 0 radical (unpaired) electrons. The van der Waals surface area contributed by atoms with Gasteiger partial charge in [-0.15, -0.1) is 0 Å². The molecular formula is C12H9IN4O2. The molecule has 0 saturated carbocycles. The monoisotopic (exact) mass is 368 g/mol. The predicted molar refractivity (Wildman–Crippen MR) is 81.3 cm³/mol. The van der Waals surface area contributed by atoms with Crippen molar-refractivity contribution in [2.45, 2.75) is 0 Å². The first-order chi connectivity index (χ1) is 9.16. The van der Waals surface area contributed by atoms with E-state index in [1.165, 1.54) is 18.3 Å². The van der Waals surface area contributed by atoms with Gasteiger partial charge < -0.3 is 0 Å². The maximum absolute atomic E-state index is 10.8. The fourth-order valence-electron chi connectivity index (χ4n) is 1.35. The van der Waals surface area contributed by atoms with Gasteiger partial charge in [-0.1, -0.05) is 12.1 Å². The molecular weight excluding hydrogens is 359 g/mol. The summed E-state index contributed by atoms with van der Waals surface area (Å²) in [6.07, 6.45) is 3.05. The number of nitrogens with zero attached hydrogens (tertiary/aromatic N) is 3. The summed E-state index contributed by atoms with van der Waals surface area (Å²) >= 11 is 2.21. The van der Waals surface area contributed by atoms with Gasteiger partial charge in [0.1, 0.15) is 0 Å². The summed E-state index contributed by atoms with van der Waals surface area (Å²) in [6.45, 7) is 0. The topological polar surface area (TPSA) is 80.4 Å². The molecule has 1 aromatic carbocycles. The Bertz CT molecular complexity index is 613. The molecule has 2 aromatic rings. The van der Waals surface area contributed by atoms with Crippen molar-refractivity contribution in [3.05, 3.63) is 61.8 Å². The van der Waals surface area contributed by atoms with Crippen molar-refractivity contribution >= 4 is 40.3 Å². The fourth-order valence-corrected chi connectivity index (χ4v) is 1.71. The zero-order valence-electron chi connectivity index (χ0n) is 9.65. The minimum absolute atomic E-state index is 0.109. The Morgan fingerprint density at radius 2 is 2.05 bits per heavy atom. The van der Waals surface area contributed by atoms with E-state index in [4.69, 9.17) is 0 Å². The van der Waals surface area contributed by atoms with Crippen molar-refractivity contribution in [2.24, 2.45) is 5.10 Å². The van der Waals surface area contributed by atoms with Crippen LogP contribution in [0.15, 0.2) is 47.7 Å². The van der Waals surface area contributed by atoms with Crippen molar-refractivity contribution in [3.8, 4) is 0 Å². The highest BCUT2D eigenvalue weighted by atomic mass is 127. The average molecular weight is 368 g/mol. The van der Waals surface area contributed by atoms with E-state index >= 15 is 0 Å². The van der Waals surface area contributed by atoms with E-state index in [1.807, 2.05) is 24.3 Å². The number of halogens is 1. The molecule has 0 atom stereocenters. The summed E-state index contributed by atoms with van der Waals surface area (Å²) in [5, 5.41) is 14.7. The first kappa shape index (κ1) is 13.4. The molecule has 0 bridgehead atoms. The molecule has 0 saturated heterocycles. The summed E-state index contributed by atoms with van der Waals surface area (Å²) in [5.74, 6) is 0.120. The second-order valence-electron chi connectivity index (χ2n) is 3.55. The Morgan fingerprint density at radius 3 is 2.74 bits per heavy atom. The van der Waals surface area contributed by atoms with Gasteiger partial charge in [0.2, 0.25) is 5.82 Å². The van der Waals surface area contributed by atoms with E-state index in [2.05, 4.69) is 38.1 Å². The van der Waals surface area contributed by atoms with Crippen LogP contribution in [0.2, 0.25) is 0 Å². The van der Waals surface area contributed by atoms with Crippen LogP contribution in [0.4, 0.5) is 11.5 Å². The SMILES string of the molecule is O=[N+]([O-])c1cccnc1N/N=C\c1ccc(I)cc1. The maximum Gasteiger partial charge on any atom is 0.313 e. The predicted octanol–water partition coefficient (Wildman–Crippen LogP) is 3.04. The van der Waals surface area contributed by atoms with Gasteiger partial charge in [0.05, 0.1) is 11.1 Å². The number of nitro groups is 1. The van der Waals surface area contributed by atoms with Gasteiger partial charge in [-0.25, -0.2) is 4.98 Å². The van der Waals surface area contributed by atoms with Gasteiger partial charge in [-0.05, 0) is 46.4 Å². The third kappa shape index (κ3) is 3.71. The summed E-state index contributed by atoms with van der Waals surface area (Å²) < 4.78 is 1.13. The van der Waals surface area contributed by atoms with E-state index in [9.17, 15) is 10.1 Å². The van der Waals surface area contributed by atoms with E-state index in [1.54, 1.807) is 6.21 Å². The number of rotatable bonds is 4. The number of hydrogen-bond acceptors (Lipinski definition) is 5. The van der Waals surface area contributed by atoms with Crippen molar-refractivity contribution in [1.29, 1.82) is 0 Å². The summed E-state index contributed by atoms with van der Waals surface area (Å²) in [4.78, 5) is 14.1. The summed E-state index contributed by atoms with van der Waals surface area (Å²) in [6, 6.07) is 10.6. The van der Waals surface area contributed by atoms with Crippen LogP contribution in [-0.2, 0) is 0 Å². The highest BCUT2D eigenvalue weighted by molar-refractivity contribution is 14.1. The molecule has 96 valence electrons. The van der Waals surface area contributed by atoms with E-state index < -0.39 is 4.92 Å². The van der Waals surface area contributed by atoms with Crippen LogP contribution in [0.1, 0.15) is 5.56 Å². The number of hydrazone groups is 1. The minimum atomic E-state index is -0.504. The van der Waals surface area contributed by atoms with Crippen LogP contribution in [0.25, 0.3) is 0 Å². The lowest BCUT2D eigenvalue weighted by atomic mass is 10.2. The second-order valence-corrected chi connectivity index (χ2v) is 4.80. The lowest BCUT2D eigenvalue weighted by Crippen LogP contribution is -1.98. The molecule has 0 unspecified atom stereocenters. The Kier molecular flexibility index (Phi) is 4.39. The summed E-state index contributed by atoms with van der Waals surface area (Å²) in [5.41, 5.74) is 3.36. The second kappa shape index (κ2) is 6.23. The lowest BCUT2D eigenvalue weighted by molar-refractivity contribution is -0.384. The molecule has 6 nitrogen and oxygen atoms in total. The third-order valence-electron chi connectivity index (χ3n) is 2.24. The fraction of sp³-hybridized carbons (Fsp3) is 0. The Balaban J connectivity index is 2.10. The van der Waals surface area contributed by atoms with Crippen LogP contribution in [0.3, 0.4) is 0 Å². The van der Waals surface area contributed by atoms with Crippen molar-refractivity contribution < 1.29 is 4.92 Å². The van der Waals surface area contributed by atoms with E-state index in [0.717, 1.165) is 9.13 Å². The molecule has 0 fully saturated rings. The Hall–Kier alpha value is -2.03. The zero-order valence-corrected chi connectivity index (χ0v) is 11.8. The first-order valence-electron chi connectivity index (χ1n) is 5.31. The number of hydrogen-bond donors (Lipinski definition) is 1. The molecule has 1 N–H and O–H groups in total. The molecule has 7 heteroatoms. The minimum Gasteiger partial charge on any atom is -0.258 e. The number of aromatic nitrogens is 1. The summed E-state index contributed by atoms with van der Waals surface area (Å²) in [7, 11) is 0. The average Bonchev–Trinajstić information content (AvgIpc) is 2.41. The number of nitrogens with one attached hydrogen (secondary N) is 1. The Morgan fingerprint density at radius 1 is 1.32 bits per heavy atom. The van der Waals surface area contributed by atoms with Crippen LogP contribution >= 0.6 is 22.6 Å². The maximum atomic E-state index is 10.8. The van der Waals surface area contributed by atoms with Crippen LogP contribution in [0, 0.1) is 13.7 Å². The standard InChI is InChI=1S/C12H9IN4O2/c13-10-5-3-9(4-6-10)8-15-16-12-11(17(18)19)2-1-7-14-12/h1-8H,(H,14,16)/b15-8-. The largest absolute Gasteiger partial charge is 0.313 e. The van der Waals surface area contributed by atoms with E-state index in [0.29, 0.717) is 0 Å². The van der Waals surface area contributed by atoms with Crippen molar-refractivity contribution in [3.63, 3.8) is 0 Å². The van der Waals surface area contributed by atoms with Crippen molar-refractivity contribution in [2.75, 3.05) is 5.43 Å². The van der Waals surface area contributed by atoms with Gasteiger partial charge in [0, 0.05) is 15.8 Å². The highest BCUT2D eigenvalue weighted by Crippen LogP contribution is 2.19. The van der Waals surface area contributed by atoms with Gasteiger partial charge in [0.15, 0.2) is 0 Å². The van der Waals surface area contributed by atoms with Crippen molar-refractivity contribution in [1.82, 2.24) is 4.98 Å². The number of benzene rings is 1.